The van der Waals surface area contributed by atoms with Crippen LogP contribution < -0.4 is 5.43 Å². The first kappa shape index (κ1) is 6.26. The third kappa shape index (κ3) is 1.28. The average molecular weight is 130 g/mol. The van der Waals surface area contributed by atoms with Crippen LogP contribution in [0.2, 0.25) is 0 Å². The van der Waals surface area contributed by atoms with Crippen LogP contribution in [0.3, 0.4) is 0 Å². The minimum atomic E-state index is -0.555. The van der Waals surface area contributed by atoms with Gasteiger partial charge in [0.25, 0.3) is 5.39 Å². The molecule has 5 heteroatoms. The number of nitrogens with zero attached hydrogens (tertiary/aromatic N) is 2. The quantitative estimate of drug-likeness (QED) is 0.356. The first-order chi connectivity index (χ1) is 4.34. The zero-order valence-electron chi connectivity index (χ0n) is 4.82. The lowest BCUT2D eigenvalue weighted by Crippen LogP contribution is -2.34. The molecule has 0 aromatic carbocycles. The molecule has 0 spiro atoms. The highest BCUT2D eigenvalue weighted by Crippen LogP contribution is 2.03. The molecule has 1 saturated heterocycles. The van der Waals surface area contributed by atoms with Gasteiger partial charge in [-0.2, -0.15) is 0 Å². The summed E-state index contributed by atoms with van der Waals surface area (Å²) < 4.78 is 4.84. The molecule has 0 aliphatic carbocycles. The predicted octanol–water partition coefficient (Wildman–Crippen LogP) is -0.896. The van der Waals surface area contributed by atoms with Gasteiger partial charge in [0.15, 0.2) is 6.04 Å². The highest BCUT2D eigenvalue weighted by atomic mass is 16.5. The number of diazo groups is 1. The van der Waals surface area contributed by atoms with Crippen molar-refractivity contribution in [2.45, 2.75) is 12.1 Å². The van der Waals surface area contributed by atoms with E-state index in [0.717, 1.165) is 0 Å². The first-order valence-electron chi connectivity index (χ1n) is 2.70. The van der Waals surface area contributed by atoms with Crippen LogP contribution in [0, 0.1) is 5.39 Å². The van der Waals surface area contributed by atoms with Gasteiger partial charge >= 0.3 is 5.08 Å². The summed E-state index contributed by atoms with van der Waals surface area (Å²) in [6, 6.07) is -0.255. The third-order valence-electron chi connectivity index (χ3n) is 1.27. The molecule has 1 heterocycles. The molecule has 1 aliphatic rings. The Morgan fingerprint density at radius 3 is 2.89 bits per heavy atom. The van der Waals surface area contributed by atoms with E-state index in [-0.39, 0.29) is 6.04 Å². The van der Waals surface area contributed by atoms with Gasteiger partial charge in [0, 0.05) is 0 Å². The Morgan fingerprint density at radius 1 is 1.67 bits per heavy atom. The van der Waals surface area contributed by atoms with Crippen LogP contribution in [0.5, 0.6) is 0 Å². The summed E-state index contributed by atoms with van der Waals surface area (Å²) in [4.78, 5) is 0. The van der Waals surface area contributed by atoms with Gasteiger partial charge in [0.1, 0.15) is 6.10 Å². The van der Waals surface area contributed by atoms with Crippen molar-refractivity contribution in [3.05, 3.63) is 5.08 Å². The highest BCUT2D eigenvalue weighted by Gasteiger charge is 2.29. The van der Waals surface area contributed by atoms with Crippen LogP contribution in [-0.4, -0.2) is 30.5 Å². The van der Waals surface area contributed by atoms with Gasteiger partial charge in [-0.15, -0.1) is 0 Å². The van der Waals surface area contributed by atoms with E-state index >= 15 is 0 Å². The summed E-state index contributed by atoms with van der Waals surface area (Å²) in [5, 5.41) is 19.6. The SMILES string of the molecule is N#[N+]NC1COC[C@H]1O. The molecule has 0 saturated carbocycles. The van der Waals surface area contributed by atoms with Crippen molar-refractivity contribution in [1.82, 2.24) is 5.43 Å². The first-order valence-corrected chi connectivity index (χ1v) is 2.70. The van der Waals surface area contributed by atoms with Crippen molar-refractivity contribution in [3.8, 4) is 0 Å². The molecule has 0 radical (unpaired) electrons. The average Bonchev–Trinajstić information content (AvgIpc) is 2.18. The molecule has 1 fully saturated rings. The number of hydrogen-bond donors (Lipinski definition) is 2. The molecule has 0 amide bonds. The monoisotopic (exact) mass is 130 g/mol. The largest absolute Gasteiger partial charge is 0.388 e. The second-order valence-electron chi connectivity index (χ2n) is 1.94. The maximum atomic E-state index is 8.96. The van der Waals surface area contributed by atoms with Crippen molar-refractivity contribution in [1.29, 1.82) is 5.39 Å². The van der Waals surface area contributed by atoms with Crippen LogP contribution in [0.1, 0.15) is 0 Å². The van der Waals surface area contributed by atoms with Crippen LogP contribution in [0.15, 0.2) is 0 Å². The van der Waals surface area contributed by atoms with Crippen LogP contribution >= 0.6 is 0 Å². The Labute approximate surface area is 52.2 Å². The van der Waals surface area contributed by atoms with E-state index in [1.807, 2.05) is 0 Å². The zero-order valence-corrected chi connectivity index (χ0v) is 4.82. The van der Waals surface area contributed by atoms with Crippen LogP contribution in [0.25, 0.3) is 5.08 Å². The summed E-state index contributed by atoms with van der Waals surface area (Å²) in [7, 11) is 0. The van der Waals surface area contributed by atoms with Crippen molar-refractivity contribution in [2.24, 2.45) is 0 Å². The van der Waals surface area contributed by atoms with Crippen molar-refractivity contribution < 1.29 is 9.84 Å². The Morgan fingerprint density at radius 2 is 2.44 bits per heavy atom. The van der Waals surface area contributed by atoms with E-state index in [1.54, 1.807) is 0 Å². The Hall–Kier alpha value is -0.860. The van der Waals surface area contributed by atoms with E-state index in [4.69, 9.17) is 15.2 Å². The fourth-order valence-electron chi connectivity index (χ4n) is 0.740. The van der Waals surface area contributed by atoms with E-state index in [1.165, 1.54) is 0 Å². The molecule has 2 N–H and O–H groups in total. The molecule has 5 nitrogen and oxygen atoms in total. The molecule has 2 atom stereocenters. The number of ether oxygens (including phenoxy) is 1. The van der Waals surface area contributed by atoms with E-state index in [9.17, 15) is 0 Å². The lowest BCUT2D eigenvalue weighted by atomic mass is 10.2. The summed E-state index contributed by atoms with van der Waals surface area (Å²) in [6.45, 7) is 0.707. The maximum Gasteiger partial charge on any atom is 0.303 e. The molecule has 1 unspecified atom stereocenters. The minimum Gasteiger partial charge on any atom is -0.388 e. The third-order valence-corrected chi connectivity index (χ3v) is 1.27. The summed E-state index contributed by atoms with van der Waals surface area (Å²) >= 11 is 0. The second kappa shape index (κ2) is 2.62. The lowest BCUT2D eigenvalue weighted by molar-refractivity contribution is 0.123. The van der Waals surface area contributed by atoms with Crippen molar-refractivity contribution in [3.63, 3.8) is 0 Å². The second-order valence-corrected chi connectivity index (χ2v) is 1.94. The zero-order chi connectivity index (χ0) is 6.69. The molecule has 1 aliphatic heterocycles. The van der Waals surface area contributed by atoms with Crippen LogP contribution in [0.4, 0.5) is 0 Å². The Balaban J connectivity index is 2.33. The van der Waals surface area contributed by atoms with Gasteiger partial charge in [-0.1, -0.05) is 0 Å². The van der Waals surface area contributed by atoms with E-state index < -0.39 is 6.10 Å². The highest BCUT2D eigenvalue weighted by molar-refractivity contribution is 4.80. The van der Waals surface area contributed by atoms with Gasteiger partial charge < -0.3 is 9.84 Å². The standard InChI is InChI=1S/C4H8N3O2/c5-7-6-3-1-9-2-4(3)8/h3-4,6,8H,1-2H2/q+1/t3?,4-/m1/s1. The number of rotatable bonds is 1. The van der Waals surface area contributed by atoms with Gasteiger partial charge in [0.05, 0.1) is 13.2 Å². The molecular weight excluding hydrogens is 122 g/mol. The normalized spacial score (nSPS) is 33.8. The fraction of sp³-hybridized carbons (Fsp3) is 1.00. The number of aliphatic hydroxyl groups excluding tert-OH is 1. The molecule has 1 rings (SSSR count). The fourth-order valence-corrected chi connectivity index (χ4v) is 0.740. The summed E-state index contributed by atoms with van der Waals surface area (Å²) in [5.41, 5.74) is 2.30. The maximum absolute atomic E-state index is 8.96. The Bertz CT molecular complexity index is 132. The molecule has 0 bridgehead atoms. The molecule has 9 heavy (non-hydrogen) atoms. The summed E-state index contributed by atoms with van der Waals surface area (Å²) in [6.07, 6.45) is -0.555. The molecule has 50 valence electrons. The van der Waals surface area contributed by atoms with Gasteiger partial charge in [-0.25, -0.2) is 0 Å². The predicted molar refractivity (Wildman–Crippen MR) is 28.8 cm³/mol. The molecular formula is C4H8N3O2+. The topological polar surface area (TPSA) is 69.6 Å². The molecule has 0 aromatic rings. The summed E-state index contributed by atoms with van der Waals surface area (Å²) in [5.74, 6) is 0. The van der Waals surface area contributed by atoms with E-state index in [0.29, 0.717) is 13.2 Å². The van der Waals surface area contributed by atoms with Crippen molar-refractivity contribution in [2.75, 3.05) is 13.2 Å². The number of aliphatic hydroxyl groups is 1. The van der Waals surface area contributed by atoms with Crippen molar-refractivity contribution >= 4 is 0 Å². The van der Waals surface area contributed by atoms with Gasteiger partial charge in [-0.05, 0) is 5.43 Å². The minimum absolute atomic E-state index is 0.255. The Kier molecular flexibility index (Phi) is 1.82. The number of hydrogen-bond acceptors (Lipinski definition) is 4. The van der Waals surface area contributed by atoms with Crippen LogP contribution in [-0.2, 0) is 4.74 Å². The van der Waals surface area contributed by atoms with Gasteiger partial charge in [-0.3, -0.25) is 0 Å². The lowest BCUT2D eigenvalue weighted by Gasteiger charge is -2.00. The smallest absolute Gasteiger partial charge is 0.303 e. The molecule has 0 aromatic heterocycles. The van der Waals surface area contributed by atoms with Gasteiger partial charge in [0.2, 0.25) is 0 Å². The van der Waals surface area contributed by atoms with E-state index in [2.05, 4.69) is 10.5 Å². The number of nitrogens with one attached hydrogen (secondary N) is 1.